The van der Waals surface area contributed by atoms with Gasteiger partial charge in [0.05, 0.1) is 9.82 Å². The van der Waals surface area contributed by atoms with Crippen molar-refractivity contribution < 1.29 is 13.3 Å². The highest BCUT2D eigenvalue weighted by atomic mass is 32.2. The van der Waals surface area contributed by atoms with E-state index in [9.17, 15) is 18.5 Å². The highest BCUT2D eigenvalue weighted by molar-refractivity contribution is 7.89. The summed E-state index contributed by atoms with van der Waals surface area (Å²) in [5.41, 5.74) is 0.298. The van der Waals surface area contributed by atoms with Gasteiger partial charge >= 0.3 is 0 Å². The molecular formula is C19H30N2O4S. The Balaban J connectivity index is 2.09. The molecule has 0 atom stereocenters. The van der Waals surface area contributed by atoms with Crippen LogP contribution in [0.15, 0.2) is 23.1 Å². The first-order valence-corrected chi connectivity index (χ1v) is 11.2. The highest BCUT2D eigenvalue weighted by Crippen LogP contribution is 2.23. The molecule has 146 valence electrons. The number of rotatable bonds is 4. The lowest BCUT2D eigenvalue weighted by molar-refractivity contribution is -0.385. The second kappa shape index (κ2) is 10.0. The van der Waals surface area contributed by atoms with Gasteiger partial charge in [-0.3, -0.25) is 10.1 Å². The molecule has 6 nitrogen and oxygen atoms in total. The van der Waals surface area contributed by atoms with Crippen molar-refractivity contribution in [3.05, 3.63) is 33.9 Å². The third-order valence-corrected chi connectivity index (χ3v) is 6.63. The van der Waals surface area contributed by atoms with E-state index in [4.69, 9.17) is 0 Å². The minimum atomic E-state index is -3.75. The van der Waals surface area contributed by atoms with Crippen molar-refractivity contribution in [3.8, 4) is 0 Å². The van der Waals surface area contributed by atoms with Crippen LogP contribution < -0.4 is 4.72 Å². The van der Waals surface area contributed by atoms with Crippen LogP contribution in [0, 0.1) is 17.0 Å². The summed E-state index contributed by atoms with van der Waals surface area (Å²) in [6.07, 6.45) is 12.2. The van der Waals surface area contributed by atoms with E-state index in [0.717, 1.165) is 44.6 Å². The van der Waals surface area contributed by atoms with Gasteiger partial charge in [-0.05, 0) is 25.8 Å². The van der Waals surface area contributed by atoms with Crippen LogP contribution in [0.25, 0.3) is 0 Å². The normalized spacial score (nSPS) is 18.7. The number of benzene rings is 1. The molecule has 1 aliphatic carbocycles. The van der Waals surface area contributed by atoms with Crippen LogP contribution >= 0.6 is 0 Å². The molecule has 0 heterocycles. The number of nitrogens with one attached hydrogen (secondary N) is 1. The summed E-state index contributed by atoms with van der Waals surface area (Å²) in [7, 11) is -3.75. The molecule has 0 aliphatic heterocycles. The Labute approximate surface area is 156 Å². The first-order chi connectivity index (χ1) is 12.4. The van der Waals surface area contributed by atoms with Crippen LogP contribution in [-0.2, 0) is 10.0 Å². The topological polar surface area (TPSA) is 89.3 Å². The molecule has 1 saturated carbocycles. The number of aryl methyl sites for hydroxylation is 1. The van der Waals surface area contributed by atoms with E-state index in [1.54, 1.807) is 6.92 Å². The number of nitrogens with zero attached hydrogens (tertiary/aromatic N) is 1. The van der Waals surface area contributed by atoms with Crippen LogP contribution in [0.4, 0.5) is 5.69 Å². The second-order valence-corrected chi connectivity index (χ2v) is 9.00. The monoisotopic (exact) mass is 382 g/mol. The molecular weight excluding hydrogens is 352 g/mol. The number of nitro benzene ring substituents is 1. The summed E-state index contributed by atoms with van der Waals surface area (Å²) < 4.78 is 28.3. The predicted molar refractivity (Wildman–Crippen MR) is 103 cm³/mol. The van der Waals surface area contributed by atoms with E-state index >= 15 is 0 Å². The molecule has 0 aromatic heterocycles. The Bertz CT molecular complexity index is 691. The molecule has 1 N–H and O–H groups in total. The van der Waals surface area contributed by atoms with E-state index in [1.165, 1.54) is 44.2 Å². The zero-order chi connectivity index (χ0) is 19.0. The Morgan fingerprint density at radius 3 is 1.96 bits per heavy atom. The minimum Gasteiger partial charge on any atom is -0.258 e. The van der Waals surface area contributed by atoms with E-state index in [1.807, 2.05) is 0 Å². The molecule has 1 aromatic rings. The molecule has 0 saturated heterocycles. The minimum absolute atomic E-state index is 0.0269. The van der Waals surface area contributed by atoms with Crippen molar-refractivity contribution in [2.24, 2.45) is 0 Å². The fourth-order valence-corrected chi connectivity index (χ4v) is 4.85. The van der Waals surface area contributed by atoms with Crippen LogP contribution in [0.1, 0.15) is 76.2 Å². The maximum Gasteiger partial charge on any atom is 0.273 e. The van der Waals surface area contributed by atoms with Crippen molar-refractivity contribution in [1.82, 2.24) is 4.72 Å². The van der Waals surface area contributed by atoms with Crippen molar-refractivity contribution >= 4 is 15.7 Å². The molecule has 2 rings (SSSR count). The van der Waals surface area contributed by atoms with Gasteiger partial charge in [0.25, 0.3) is 5.69 Å². The number of nitro groups is 1. The van der Waals surface area contributed by atoms with Crippen molar-refractivity contribution in [3.63, 3.8) is 0 Å². The number of hydrogen-bond acceptors (Lipinski definition) is 4. The van der Waals surface area contributed by atoms with Gasteiger partial charge < -0.3 is 0 Å². The third-order valence-electron chi connectivity index (χ3n) is 5.11. The summed E-state index contributed by atoms with van der Waals surface area (Å²) in [5, 5.41) is 11.1. The first-order valence-electron chi connectivity index (χ1n) is 9.67. The van der Waals surface area contributed by atoms with Gasteiger partial charge in [-0.25, -0.2) is 13.1 Å². The zero-order valence-corrected chi connectivity index (χ0v) is 16.4. The Kier molecular flexibility index (Phi) is 8.03. The smallest absolute Gasteiger partial charge is 0.258 e. The van der Waals surface area contributed by atoms with Crippen LogP contribution in [0.5, 0.6) is 0 Å². The lowest BCUT2D eigenvalue weighted by Crippen LogP contribution is -2.35. The van der Waals surface area contributed by atoms with Crippen molar-refractivity contribution in [2.45, 2.75) is 88.5 Å². The Hall–Kier alpha value is -1.47. The quantitative estimate of drug-likeness (QED) is 0.595. The second-order valence-electron chi connectivity index (χ2n) is 7.28. The molecule has 0 spiro atoms. The van der Waals surface area contributed by atoms with Crippen molar-refractivity contribution in [2.75, 3.05) is 0 Å². The maximum absolute atomic E-state index is 12.7. The van der Waals surface area contributed by atoms with Gasteiger partial charge in [0.2, 0.25) is 10.0 Å². The molecule has 0 bridgehead atoms. The first kappa shape index (κ1) is 20.8. The molecule has 1 aromatic carbocycles. The standard InChI is InChI=1S/C19H30N2O4S/c1-16-13-14-18(15-19(16)21(22)23)26(24,25)20-17-11-9-7-5-3-2-4-6-8-10-12-17/h13-15,17,20H,2-12H2,1H3. The van der Waals surface area contributed by atoms with Gasteiger partial charge in [0, 0.05) is 17.7 Å². The van der Waals surface area contributed by atoms with E-state index in [2.05, 4.69) is 4.72 Å². The Morgan fingerprint density at radius 1 is 0.962 bits per heavy atom. The van der Waals surface area contributed by atoms with Gasteiger partial charge in [-0.2, -0.15) is 0 Å². The summed E-state index contributed by atoms with van der Waals surface area (Å²) >= 11 is 0. The van der Waals surface area contributed by atoms with Gasteiger partial charge in [-0.15, -0.1) is 0 Å². The molecule has 7 heteroatoms. The maximum atomic E-state index is 12.7. The average Bonchev–Trinajstić information content (AvgIpc) is 2.57. The molecule has 1 fully saturated rings. The van der Waals surface area contributed by atoms with Gasteiger partial charge in [-0.1, -0.05) is 63.9 Å². The van der Waals surface area contributed by atoms with Crippen LogP contribution in [-0.4, -0.2) is 19.4 Å². The highest BCUT2D eigenvalue weighted by Gasteiger charge is 2.23. The molecule has 0 amide bonds. The molecule has 0 radical (unpaired) electrons. The summed E-state index contributed by atoms with van der Waals surface area (Å²) in [5.74, 6) is 0. The summed E-state index contributed by atoms with van der Waals surface area (Å²) in [6.45, 7) is 1.61. The SMILES string of the molecule is Cc1ccc(S(=O)(=O)NC2CCCCCCCCCCC2)cc1[N+](=O)[O-]. The van der Waals surface area contributed by atoms with Crippen LogP contribution in [0.3, 0.4) is 0 Å². The van der Waals surface area contributed by atoms with Crippen molar-refractivity contribution in [1.29, 1.82) is 0 Å². The van der Waals surface area contributed by atoms with Gasteiger partial charge in [0.15, 0.2) is 0 Å². The lowest BCUT2D eigenvalue weighted by Gasteiger charge is -2.19. The number of hydrogen-bond donors (Lipinski definition) is 1. The fourth-order valence-electron chi connectivity index (χ4n) is 3.52. The molecule has 1 aliphatic rings. The number of sulfonamides is 1. The zero-order valence-electron chi connectivity index (χ0n) is 15.6. The summed E-state index contributed by atoms with van der Waals surface area (Å²) in [6, 6.07) is 4.00. The Morgan fingerprint density at radius 2 is 1.46 bits per heavy atom. The van der Waals surface area contributed by atoms with E-state index in [0.29, 0.717) is 5.56 Å². The van der Waals surface area contributed by atoms with Gasteiger partial charge in [0.1, 0.15) is 0 Å². The fraction of sp³-hybridized carbons (Fsp3) is 0.684. The largest absolute Gasteiger partial charge is 0.273 e. The van der Waals surface area contributed by atoms with E-state index < -0.39 is 14.9 Å². The molecule has 0 unspecified atom stereocenters. The molecule has 26 heavy (non-hydrogen) atoms. The predicted octanol–water partition coefficient (Wildman–Crippen LogP) is 4.85. The summed E-state index contributed by atoms with van der Waals surface area (Å²) in [4.78, 5) is 10.5. The van der Waals surface area contributed by atoms with E-state index in [-0.39, 0.29) is 16.6 Å². The lowest BCUT2D eigenvalue weighted by atomic mass is 9.98. The van der Waals surface area contributed by atoms with Crippen LogP contribution in [0.2, 0.25) is 0 Å². The average molecular weight is 383 g/mol. The third kappa shape index (κ3) is 6.36.